The van der Waals surface area contributed by atoms with Crippen molar-refractivity contribution in [1.82, 2.24) is 19.4 Å². The number of aromatic nitrogens is 2. The molecule has 3 aromatic rings. The molecule has 6 nitrogen and oxygen atoms in total. The molecule has 2 aromatic carbocycles. The number of rotatable bonds is 5. The monoisotopic (exact) mass is 392 g/mol. The van der Waals surface area contributed by atoms with Gasteiger partial charge in [0, 0.05) is 39.6 Å². The van der Waals surface area contributed by atoms with Gasteiger partial charge in [-0.05, 0) is 29.7 Å². The Hall–Kier alpha value is -2.86. The second kappa shape index (κ2) is 8.25. The summed E-state index contributed by atoms with van der Waals surface area (Å²) < 4.78 is 3.35. The minimum absolute atomic E-state index is 0.0337. The summed E-state index contributed by atoms with van der Waals surface area (Å²) in [6.45, 7) is 4.77. The van der Waals surface area contributed by atoms with E-state index in [4.69, 9.17) is 0 Å². The third-order valence-corrected chi connectivity index (χ3v) is 5.94. The van der Waals surface area contributed by atoms with E-state index in [9.17, 15) is 9.59 Å². The zero-order valence-corrected chi connectivity index (χ0v) is 17.1. The lowest BCUT2D eigenvalue weighted by Crippen LogP contribution is -2.49. The first-order chi connectivity index (χ1) is 14.1. The fourth-order valence-electron chi connectivity index (χ4n) is 4.21. The first kappa shape index (κ1) is 19.5. The van der Waals surface area contributed by atoms with E-state index in [-0.39, 0.29) is 17.6 Å². The predicted octanol–water partition coefficient (Wildman–Crippen LogP) is 2.47. The second-order valence-corrected chi connectivity index (χ2v) is 7.63. The number of para-hydroxylation sites is 2. The highest BCUT2D eigenvalue weighted by Gasteiger charge is 2.27. The van der Waals surface area contributed by atoms with Gasteiger partial charge in [0.15, 0.2) is 0 Å². The lowest BCUT2D eigenvalue weighted by Gasteiger charge is -2.36. The molecule has 1 aromatic heterocycles. The minimum Gasteiger partial charge on any atom is -0.333 e. The Kier molecular flexibility index (Phi) is 5.53. The molecule has 1 aliphatic rings. The maximum atomic E-state index is 13.1. The average molecular weight is 393 g/mol. The number of benzene rings is 2. The molecule has 2 heterocycles. The van der Waals surface area contributed by atoms with Crippen LogP contribution in [0.1, 0.15) is 30.5 Å². The van der Waals surface area contributed by atoms with Crippen LogP contribution < -0.4 is 11.0 Å². The van der Waals surface area contributed by atoms with Crippen molar-refractivity contribution in [3.8, 4) is 0 Å². The number of piperazine rings is 1. The van der Waals surface area contributed by atoms with Gasteiger partial charge in [-0.15, -0.1) is 0 Å². The van der Waals surface area contributed by atoms with Crippen molar-refractivity contribution in [2.24, 2.45) is 7.05 Å². The van der Waals surface area contributed by atoms with Crippen LogP contribution in [-0.2, 0) is 24.8 Å². The molecular formula is C23H28N4O2. The van der Waals surface area contributed by atoms with Crippen molar-refractivity contribution in [3.05, 3.63) is 70.1 Å². The fraction of sp³-hybridized carbons (Fsp3) is 0.391. The molecule has 0 saturated carbocycles. The quantitative estimate of drug-likeness (QED) is 0.726. The number of hydrogen-bond acceptors (Lipinski definition) is 3. The first-order valence-electron chi connectivity index (χ1n) is 10.3. The molecule has 29 heavy (non-hydrogen) atoms. The minimum atomic E-state index is -0.0778. The molecule has 1 atom stereocenters. The summed E-state index contributed by atoms with van der Waals surface area (Å²) in [7, 11) is 1.77. The van der Waals surface area contributed by atoms with E-state index in [0.29, 0.717) is 19.5 Å². The Morgan fingerprint density at radius 1 is 1.10 bits per heavy atom. The smallest absolute Gasteiger partial charge is 0.328 e. The number of hydrogen-bond donors (Lipinski definition) is 1. The lowest BCUT2D eigenvalue weighted by atomic mass is 10.0. The molecule has 1 saturated heterocycles. The van der Waals surface area contributed by atoms with E-state index in [1.165, 1.54) is 5.56 Å². The van der Waals surface area contributed by atoms with Crippen molar-refractivity contribution in [2.45, 2.75) is 32.4 Å². The van der Waals surface area contributed by atoms with Crippen molar-refractivity contribution in [3.63, 3.8) is 0 Å². The SMILES string of the molecule is CCc1ccc(C2CNCCN2C(=O)CCn2c(=O)n(C)c3ccccc32)cc1. The van der Waals surface area contributed by atoms with E-state index in [1.54, 1.807) is 16.2 Å². The van der Waals surface area contributed by atoms with Crippen LogP contribution in [0.25, 0.3) is 11.0 Å². The van der Waals surface area contributed by atoms with Crippen LogP contribution in [0.15, 0.2) is 53.3 Å². The normalized spacial score (nSPS) is 17.0. The van der Waals surface area contributed by atoms with Crippen molar-refractivity contribution < 1.29 is 4.79 Å². The maximum absolute atomic E-state index is 13.1. The zero-order valence-electron chi connectivity index (χ0n) is 17.1. The van der Waals surface area contributed by atoms with Crippen LogP contribution in [0.3, 0.4) is 0 Å². The molecule has 0 radical (unpaired) electrons. The number of nitrogens with zero attached hydrogens (tertiary/aromatic N) is 3. The van der Waals surface area contributed by atoms with Gasteiger partial charge in [0.25, 0.3) is 0 Å². The number of carbonyl (C=O) groups excluding carboxylic acids is 1. The molecule has 1 unspecified atom stereocenters. The van der Waals surface area contributed by atoms with E-state index in [2.05, 4.69) is 36.5 Å². The second-order valence-electron chi connectivity index (χ2n) is 7.63. The van der Waals surface area contributed by atoms with E-state index < -0.39 is 0 Å². The topological polar surface area (TPSA) is 59.3 Å². The average Bonchev–Trinajstić information content (AvgIpc) is 3.02. The van der Waals surface area contributed by atoms with Gasteiger partial charge in [-0.3, -0.25) is 13.9 Å². The lowest BCUT2D eigenvalue weighted by molar-refractivity contribution is -0.134. The highest BCUT2D eigenvalue weighted by molar-refractivity contribution is 5.78. The van der Waals surface area contributed by atoms with E-state index in [1.807, 2.05) is 29.2 Å². The Labute approximate surface area is 170 Å². The number of amides is 1. The molecule has 1 amide bonds. The van der Waals surface area contributed by atoms with Crippen molar-refractivity contribution in [2.75, 3.05) is 19.6 Å². The molecule has 1 N–H and O–H groups in total. The summed E-state index contributed by atoms with van der Waals surface area (Å²) in [5.74, 6) is 0.0934. The molecular weight excluding hydrogens is 364 g/mol. The van der Waals surface area contributed by atoms with Crippen LogP contribution in [0.5, 0.6) is 0 Å². The molecule has 1 fully saturated rings. The van der Waals surface area contributed by atoms with E-state index in [0.717, 1.165) is 36.1 Å². The summed E-state index contributed by atoms with van der Waals surface area (Å²) in [5, 5.41) is 3.40. The first-order valence-corrected chi connectivity index (χ1v) is 10.3. The number of aryl methyl sites for hydroxylation is 3. The summed E-state index contributed by atoms with van der Waals surface area (Å²) in [4.78, 5) is 27.7. The zero-order chi connectivity index (χ0) is 20.4. The Bertz CT molecular complexity index is 1060. The van der Waals surface area contributed by atoms with Crippen LogP contribution >= 0.6 is 0 Å². The summed E-state index contributed by atoms with van der Waals surface area (Å²) in [6, 6.07) is 16.3. The number of imidazole rings is 1. The molecule has 0 aliphatic carbocycles. The van der Waals surface area contributed by atoms with Crippen LogP contribution in [0.4, 0.5) is 0 Å². The van der Waals surface area contributed by atoms with Gasteiger partial charge >= 0.3 is 5.69 Å². The third-order valence-electron chi connectivity index (χ3n) is 5.94. The largest absolute Gasteiger partial charge is 0.333 e. The van der Waals surface area contributed by atoms with Gasteiger partial charge in [-0.2, -0.15) is 0 Å². The van der Waals surface area contributed by atoms with Gasteiger partial charge in [-0.1, -0.05) is 43.3 Å². The van der Waals surface area contributed by atoms with E-state index >= 15 is 0 Å². The van der Waals surface area contributed by atoms with Gasteiger partial charge in [0.05, 0.1) is 17.1 Å². The molecule has 1 aliphatic heterocycles. The van der Waals surface area contributed by atoms with Gasteiger partial charge in [-0.25, -0.2) is 4.79 Å². The summed E-state index contributed by atoms with van der Waals surface area (Å²) in [5.41, 5.74) is 4.14. The molecule has 0 spiro atoms. The van der Waals surface area contributed by atoms with Gasteiger partial charge < -0.3 is 10.2 Å². The van der Waals surface area contributed by atoms with Crippen molar-refractivity contribution in [1.29, 1.82) is 0 Å². The van der Waals surface area contributed by atoms with Crippen LogP contribution in [0, 0.1) is 0 Å². The number of fused-ring (bicyclic) bond motifs is 1. The molecule has 4 rings (SSSR count). The molecule has 6 heteroatoms. The van der Waals surface area contributed by atoms with Crippen molar-refractivity contribution >= 4 is 16.9 Å². The van der Waals surface area contributed by atoms with Crippen LogP contribution in [-0.4, -0.2) is 39.6 Å². The van der Waals surface area contributed by atoms with Crippen LogP contribution in [0.2, 0.25) is 0 Å². The number of nitrogens with one attached hydrogen (secondary N) is 1. The predicted molar refractivity (Wildman–Crippen MR) is 115 cm³/mol. The fourth-order valence-corrected chi connectivity index (χ4v) is 4.21. The third kappa shape index (κ3) is 3.72. The standard InChI is InChI=1S/C23H28N4O2/c1-3-17-8-10-18(11-9-17)21-16-24-13-15-26(21)22(28)12-14-27-20-7-5-4-6-19(20)25(2)23(27)29/h4-11,21,24H,3,12-16H2,1-2H3. The van der Waals surface area contributed by atoms with Gasteiger partial charge in [0.2, 0.25) is 5.91 Å². The molecule has 0 bridgehead atoms. The summed E-state index contributed by atoms with van der Waals surface area (Å²) >= 11 is 0. The number of carbonyl (C=O) groups is 1. The highest BCUT2D eigenvalue weighted by Crippen LogP contribution is 2.24. The maximum Gasteiger partial charge on any atom is 0.328 e. The Morgan fingerprint density at radius 2 is 1.83 bits per heavy atom. The summed E-state index contributed by atoms with van der Waals surface area (Å²) in [6.07, 6.45) is 1.32. The highest BCUT2D eigenvalue weighted by atomic mass is 16.2. The Morgan fingerprint density at radius 3 is 2.55 bits per heavy atom. The van der Waals surface area contributed by atoms with Gasteiger partial charge in [0.1, 0.15) is 0 Å². The Balaban J connectivity index is 1.52. The molecule has 152 valence electrons.